The lowest BCUT2D eigenvalue weighted by molar-refractivity contribution is -0.134. The number of hydrogen-bond donors (Lipinski definition) is 2. The Hall–Kier alpha value is -3.66. The number of hydrogen-bond acceptors (Lipinski definition) is 8. The number of aliphatic hydroxyl groups is 1. The number of benzene rings is 3. The number of aliphatic hydroxyl groups excluding tert-OH is 1. The molecule has 0 saturated carbocycles. The maximum absolute atomic E-state index is 12.7. The van der Waals surface area contributed by atoms with Crippen molar-refractivity contribution < 1.29 is 14.6 Å². The first-order chi connectivity index (χ1) is 17.1. The van der Waals surface area contributed by atoms with Crippen molar-refractivity contribution in [3.05, 3.63) is 101 Å². The Morgan fingerprint density at radius 1 is 1.06 bits per heavy atom. The van der Waals surface area contributed by atoms with Gasteiger partial charge in [0.2, 0.25) is 10.2 Å². The van der Waals surface area contributed by atoms with Gasteiger partial charge in [0.05, 0.1) is 17.3 Å². The average molecular weight is 508 g/mol. The Bertz CT molecular complexity index is 1320. The Kier molecular flexibility index (Phi) is 8.15. The normalized spacial score (nSPS) is 12.3. The quantitative estimate of drug-likeness (QED) is 0.118. The van der Waals surface area contributed by atoms with Crippen molar-refractivity contribution in [2.75, 3.05) is 12.0 Å². The maximum atomic E-state index is 12.7. The minimum absolute atomic E-state index is 0.00268. The highest BCUT2D eigenvalue weighted by atomic mass is 35.5. The number of nitrogens with one attached hydrogen (secondary N) is 1. The standard InChI is InChI=1S/C25H22ClN5O3S/c1-2-34-24(33)23(29-27-20-16-10-9-15-19(20)26)35-25-30-28-22(21(32)17-11-5-3-6-12-17)31(25)18-13-7-4-8-14-18/h3-16,21,27,32H,2H2,1H3/b29-23+. The summed E-state index contributed by atoms with van der Waals surface area (Å²) in [5, 5.41) is 24.6. The van der Waals surface area contributed by atoms with Gasteiger partial charge in [-0.2, -0.15) is 5.10 Å². The van der Waals surface area contributed by atoms with E-state index in [9.17, 15) is 9.90 Å². The Morgan fingerprint density at radius 3 is 2.40 bits per heavy atom. The molecule has 1 atom stereocenters. The SMILES string of the molecule is CCOC(=O)/C(=N\Nc1ccccc1Cl)Sc1nnc(C(O)c2ccccc2)n1-c1ccccc1. The Labute approximate surface area is 211 Å². The van der Waals surface area contributed by atoms with E-state index in [1.54, 1.807) is 47.9 Å². The summed E-state index contributed by atoms with van der Waals surface area (Å²) >= 11 is 7.17. The van der Waals surface area contributed by atoms with E-state index in [-0.39, 0.29) is 11.7 Å². The van der Waals surface area contributed by atoms with Crippen LogP contribution in [-0.2, 0) is 9.53 Å². The van der Waals surface area contributed by atoms with E-state index >= 15 is 0 Å². The molecule has 10 heteroatoms. The van der Waals surface area contributed by atoms with E-state index in [1.807, 2.05) is 48.5 Å². The molecule has 0 bridgehead atoms. The fourth-order valence-electron chi connectivity index (χ4n) is 3.18. The van der Waals surface area contributed by atoms with Crippen molar-refractivity contribution in [1.82, 2.24) is 14.8 Å². The lowest BCUT2D eigenvalue weighted by Gasteiger charge is -2.14. The summed E-state index contributed by atoms with van der Waals surface area (Å²) in [5.74, 6) is -0.336. The molecule has 0 aliphatic carbocycles. The highest BCUT2D eigenvalue weighted by Gasteiger charge is 2.25. The summed E-state index contributed by atoms with van der Waals surface area (Å²) in [4.78, 5) is 12.7. The number of halogens is 1. The number of carbonyl (C=O) groups is 1. The van der Waals surface area contributed by atoms with E-state index in [1.165, 1.54) is 0 Å². The van der Waals surface area contributed by atoms with Crippen LogP contribution in [0.4, 0.5) is 5.69 Å². The zero-order valence-electron chi connectivity index (χ0n) is 18.7. The summed E-state index contributed by atoms with van der Waals surface area (Å²) < 4.78 is 6.88. The molecular weight excluding hydrogens is 486 g/mol. The number of thioether (sulfide) groups is 1. The summed E-state index contributed by atoms with van der Waals surface area (Å²) in [6.45, 7) is 1.89. The first kappa shape index (κ1) is 24.5. The summed E-state index contributed by atoms with van der Waals surface area (Å²) in [6.07, 6.45) is -1.04. The molecule has 0 fully saturated rings. The molecule has 0 saturated heterocycles. The topological polar surface area (TPSA) is 102 Å². The number of anilines is 1. The molecule has 178 valence electrons. The number of rotatable bonds is 7. The van der Waals surface area contributed by atoms with Gasteiger partial charge in [-0.3, -0.25) is 9.99 Å². The van der Waals surface area contributed by atoms with Crippen LogP contribution in [-0.4, -0.2) is 37.5 Å². The summed E-state index contributed by atoms with van der Waals surface area (Å²) in [6, 6.07) is 25.5. The molecule has 0 aliphatic heterocycles. The molecule has 0 amide bonds. The number of ether oxygens (including phenoxy) is 1. The second-order valence-electron chi connectivity index (χ2n) is 7.16. The van der Waals surface area contributed by atoms with Gasteiger partial charge in [-0.15, -0.1) is 10.2 Å². The van der Waals surface area contributed by atoms with Gasteiger partial charge < -0.3 is 9.84 Å². The average Bonchev–Trinajstić information content (AvgIpc) is 3.31. The first-order valence-electron chi connectivity index (χ1n) is 10.8. The van der Waals surface area contributed by atoms with Gasteiger partial charge in [0.1, 0.15) is 6.10 Å². The van der Waals surface area contributed by atoms with Crippen LogP contribution in [0.25, 0.3) is 5.69 Å². The second-order valence-corrected chi connectivity index (χ2v) is 8.52. The molecule has 4 rings (SSSR count). The molecule has 35 heavy (non-hydrogen) atoms. The van der Waals surface area contributed by atoms with Crippen LogP contribution in [0.5, 0.6) is 0 Å². The van der Waals surface area contributed by atoms with E-state index in [4.69, 9.17) is 16.3 Å². The van der Waals surface area contributed by atoms with Gasteiger partial charge in [-0.05, 0) is 48.5 Å². The van der Waals surface area contributed by atoms with Crippen LogP contribution in [0.2, 0.25) is 5.02 Å². The molecule has 8 nitrogen and oxygen atoms in total. The van der Waals surface area contributed by atoms with Gasteiger partial charge in [0.15, 0.2) is 5.82 Å². The molecule has 1 aromatic heterocycles. The largest absolute Gasteiger partial charge is 0.461 e. The summed E-state index contributed by atoms with van der Waals surface area (Å²) in [7, 11) is 0. The summed E-state index contributed by atoms with van der Waals surface area (Å²) in [5.41, 5.74) is 4.72. The molecular formula is C25H22ClN5O3S. The van der Waals surface area contributed by atoms with Gasteiger partial charge >= 0.3 is 5.97 Å². The Morgan fingerprint density at radius 2 is 1.71 bits per heavy atom. The molecule has 1 heterocycles. The van der Waals surface area contributed by atoms with Crippen molar-refractivity contribution in [2.24, 2.45) is 5.10 Å². The highest BCUT2D eigenvalue weighted by molar-refractivity contribution is 8.15. The molecule has 0 aliphatic rings. The first-order valence-corrected chi connectivity index (χ1v) is 11.9. The number of para-hydroxylation sites is 2. The van der Waals surface area contributed by atoms with Gasteiger partial charge in [-0.1, -0.05) is 72.3 Å². The van der Waals surface area contributed by atoms with Gasteiger partial charge in [-0.25, -0.2) is 4.79 Å². The smallest absolute Gasteiger partial charge is 0.365 e. The minimum Gasteiger partial charge on any atom is -0.461 e. The monoisotopic (exact) mass is 507 g/mol. The lowest BCUT2D eigenvalue weighted by Crippen LogP contribution is -2.17. The third-order valence-electron chi connectivity index (χ3n) is 4.82. The zero-order valence-corrected chi connectivity index (χ0v) is 20.3. The second kappa shape index (κ2) is 11.7. The molecule has 2 N–H and O–H groups in total. The van der Waals surface area contributed by atoms with Crippen molar-refractivity contribution in [3.8, 4) is 5.69 Å². The van der Waals surface area contributed by atoms with E-state index in [2.05, 4.69) is 20.7 Å². The third kappa shape index (κ3) is 5.89. The molecule has 4 aromatic rings. The number of aromatic nitrogens is 3. The number of nitrogens with zero attached hydrogens (tertiary/aromatic N) is 4. The van der Waals surface area contributed by atoms with Crippen LogP contribution in [0.3, 0.4) is 0 Å². The van der Waals surface area contributed by atoms with Crippen LogP contribution >= 0.6 is 23.4 Å². The van der Waals surface area contributed by atoms with Crippen molar-refractivity contribution >= 4 is 40.1 Å². The van der Waals surface area contributed by atoms with E-state index in [0.29, 0.717) is 32.9 Å². The number of carbonyl (C=O) groups excluding carboxylic acids is 1. The Balaban J connectivity index is 1.74. The van der Waals surface area contributed by atoms with Crippen molar-refractivity contribution in [1.29, 1.82) is 0 Å². The van der Waals surface area contributed by atoms with Crippen LogP contribution in [0, 0.1) is 0 Å². The van der Waals surface area contributed by atoms with Crippen LogP contribution in [0.15, 0.2) is 95.2 Å². The number of esters is 1. The number of hydrazone groups is 1. The lowest BCUT2D eigenvalue weighted by atomic mass is 10.1. The predicted octanol–water partition coefficient (Wildman–Crippen LogP) is 5.08. The minimum atomic E-state index is -1.04. The van der Waals surface area contributed by atoms with Crippen LogP contribution in [0.1, 0.15) is 24.4 Å². The maximum Gasteiger partial charge on any atom is 0.365 e. The molecule has 1 unspecified atom stereocenters. The molecule has 0 radical (unpaired) electrons. The van der Waals surface area contributed by atoms with Crippen LogP contribution < -0.4 is 5.43 Å². The zero-order chi connectivity index (χ0) is 24.6. The third-order valence-corrected chi connectivity index (χ3v) is 6.05. The van der Waals surface area contributed by atoms with E-state index < -0.39 is 12.1 Å². The van der Waals surface area contributed by atoms with Crippen molar-refractivity contribution in [3.63, 3.8) is 0 Å². The molecule has 0 spiro atoms. The predicted molar refractivity (Wildman–Crippen MR) is 137 cm³/mol. The fraction of sp³-hybridized carbons (Fsp3) is 0.120. The molecule has 3 aromatic carbocycles. The fourth-order valence-corrected chi connectivity index (χ4v) is 4.14. The van der Waals surface area contributed by atoms with Gasteiger partial charge in [0, 0.05) is 5.69 Å². The van der Waals surface area contributed by atoms with Crippen molar-refractivity contribution in [2.45, 2.75) is 18.2 Å². The highest BCUT2D eigenvalue weighted by Crippen LogP contribution is 2.29. The van der Waals surface area contributed by atoms with E-state index in [0.717, 1.165) is 11.8 Å². The van der Waals surface area contributed by atoms with Gasteiger partial charge in [0.25, 0.3) is 0 Å².